The van der Waals surface area contributed by atoms with Crippen LogP contribution in [0.3, 0.4) is 0 Å². The molecule has 21 heavy (non-hydrogen) atoms. The highest BCUT2D eigenvalue weighted by Crippen LogP contribution is 2.24. The number of benzene rings is 1. The van der Waals surface area contributed by atoms with Gasteiger partial charge in [-0.15, -0.1) is 0 Å². The monoisotopic (exact) mass is 284 g/mol. The van der Waals surface area contributed by atoms with Crippen molar-refractivity contribution in [2.45, 2.75) is 25.4 Å². The first-order valence-electron chi connectivity index (χ1n) is 7.20. The molecule has 1 aromatic heterocycles. The van der Waals surface area contributed by atoms with E-state index in [0.717, 1.165) is 23.7 Å². The van der Waals surface area contributed by atoms with Crippen LogP contribution in [0.25, 0.3) is 0 Å². The van der Waals surface area contributed by atoms with E-state index >= 15 is 0 Å². The van der Waals surface area contributed by atoms with Gasteiger partial charge < -0.3 is 15.0 Å². The molecule has 1 aromatic carbocycles. The first-order chi connectivity index (χ1) is 10.2. The Morgan fingerprint density at radius 3 is 2.90 bits per heavy atom. The molecule has 1 heterocycles. The van der Waals surface area contributed by atoms with E-state index in [1.807, 2.05) is 43.3 Å². The maximum Gasteiger partial charge on any atom is 0.238 e. The van der Waals surface area contributed by atoms with Crippen LogP contribution in [0.15, 0.2) is 36.7 Å². The van der Waals surface area contributed by atoms with Crippen LogP contribution in [-0.4, -0.2) is 30.1 Å². The first kappa shape index (κ1) is 13.8. The lowest BCUT2D eigenvalue weighted by atomic mass is 10.3. The van der Waals surface area contributed by atoms with Crippen molar-refractivity contribution >= 4 is 5.69 Å². The average molecular weight is 284 g/mol. The normalized spacial score (nSPS) is 14.0. The highest BCUT2D eigenvalue weighted by atomic mass is 16.5. The second kappa shape index (κ2) is 6.10. The minimum Gasteiger partial charge on any atom is -0.437 e. The summed E-state index contributed by atoms with van der Waals surface area (Å²) in [6, 6.07) is 8.57. The molecule has 1 N–H and O–H groups in total. The van der Waals surface area contributed by atoms with Gasteiger partial charge in [-0.1, -0.05) is 6.07 Å². The van der Waals surface area contributed by atoms with Gasteiger partial charge in [0.05, 0.1) is 11.9 Å². The van der Waals surface area contributed by atoms with Crippen molar-refractivity contribution in [2.75, 3.05) is 19.0 Å². The Kier molecular flexibility index (Phi) is 4.01. The largest absolute Gasteiger partial charge is 0.437 e. The van der Waals surface area contributed by atoms with Crippen molar-refractivity contribution in [3.63, 3.8) is 0 Å². The number of aromatic nitrogens is 2. The summed E-state index contributed by atoms with van der Waals surface area (Å²) in [5.41, 5.74) is 2.00. The molecule has 0 aliphatic heterocycles. The summed E-state index contributed by atoms with van der Waals surface area (Å²) in [7, 11) is 4.01. The summed E-state index contributed by atoms with van der Waals surface area (Å²) in [5, 5.41) is 3.42. The maximum atomic E-state index is 5.80. The summed E-state index contributed by atoms with van der Waals surface area (Å²) in [6.45, 7) is 0.743. The lowest BCUT2D eigenvalue weighted by Gasteiger charge is -2.13. The minimum atomic E-state index is 0.529. The molecule has 110 valence electrons. The molecule has 5 heteroatoms. The van der Waals surface area contributed by atoms with Crippen molar-refractivity contribution in [2.24, 2.45) is 0 Å². The van der Waals surface area contributed by atoms with Crippen LogP contribution in [0, 0.1) is 0 Å². The van der Waals surface area contributed by atoms with E-state index in [1.54, 1.807) is 12.4 Å². The van der Waals surface area contributed by atoms with Gasteiger partial charge in [0.15, 0.2) is 0 Å². The Labute approximate surface area is 125 Å². The molecular weight excluding hydrogens is 264 g/mol. The Hall–Kier alpha value is -2.14. The van der Waals surface area contributed by atoms with Crippen molar-refractivity contribution in [3.05, 3.63) is 42.4 Å². The summed E-state index contributed by atoms with van der Waals surface area (Å²) in [4.78, 5) is 10.7. The van der Waals surface area contributed by atoms with Crippen molar-refractivity contribution in [1.82, 2.24) is 15.3 Å². The lowest BCUT2D eigenvalue weighted by molar-refractivity contribution is 0.456. The number of ether oxygens (including phenoxy) is 1. The second-order valence-electron chi connectivity index (χ2n) is 5.50. The van der Waals surface area contributed by atoms with Gasteiger partial charge in [-0.2, -0.15) is 0 Å². The minimum absolute atomic E-state index is 0.529. The Bertz CT molecular complexity index is 611. The summed E-state index contributed by atoms with van der Waals surface area (Å²) < 4.78 is 5.80. The SMILES string of the molecule is CN(C)c1cccc(Oc2cncc(CNC3CC3)n2)c1. The molecule has 0 radical (unpaired) electrons. The Balaban J connectivity index is 1.68. The van der Waals surface area contributed by atoms with E-state index in [0.29, 0.717) is 11.9 Å². The molecule has 5 nitrogen and oxygen atoms in total. The molecule has 1 aliphatic rings. The van der Waals surface area contributed by atoms with Crippen molar-refractivity contribution < 1.29 is 4.74 Å². The highest BCUT2D eigenvalue weighted by molar-refractivity contribution is 5.49. The molecule has 1 fully saturated rings. The standard InChI is InChI=1S/C16H20N4O/c1-20(2)14-4-3-5-15(8-14)21-16-11-17-9-13(19-16)10-18-12-6-7-12/h3-5,8-9,11-12,18H,6-7,10H2,1-2H3. The second-order valence-corrected chi connectivity index (χ2v) is 5.50. The van der Waals surface area contributed by atoms with Crippen LogP contribution in [0.2, 0.25) is 0 Å². The number of hydrogen-bond donors (Lipinski definition) is 1. The molecule has 0 spiro atoms. The van der Waals surface area contributed by atoms with E-state index in [9.17, 15) is 0 Å². The van der Waals surface area contributed by atoms with Crippen LogP contribution in [0.1, 0.15) is 18.5 Å². The molecular formula is C16H20N4O. The number of nitrogens with one attached hydrogen (secondary N) is 1. The Morgan fingerprint density at radius 1 is 1.29 bits per heavy atom. The van der Waals surface area contributed by atoms with Crippen molar-refractivity contribution in [1.29, 1.82) is 0 Å². The van der Waals surface area contributed by atoms with Crippen LogP contribution < -0.4 is 15.0 Å². The fourth-order valence-corrected chi connectivity index (χ4v) is 2.00. The van der Waals surface area contributed by atoms with Gasteiger partial charge in [0, 0.05) is 44.6 Å². The summed E-state index contributed by atoms with van der Waals surface area (Å²) in [5.74, 6) is 1.30. The van der Waals surface area contributed by atoms with Gasteiger partial charge in [0.1, 0.15) is 5.75 Å². The zero-order valence-corrected chi connectivity index (χ0v) is 12.4. The number of anilines is 1. The smallest absolute Gasteiger partial charge is 0.238 e. The fraction of sp³-hybridized carbons (Fsp3) is 0.375. The lowest BCUT2D eigenvalue weighted by Crippen LogP contribution is -2.16. The zero-order chi connectivity index (χ0) is 14.7. The van der Waals surface area contributed by atoms with Crippen LogP contribution in [0.4, 0.5) is 5.69 Å². The molecule has 0 bridgehead atoms. The van der Waals surface area contributed by atoms with Gasteiger partial charge >= 0.3 is 0 Å². The molecule has 0 amide bonds. The van der Waals surface area contributed by atoms with Gasteiger partial charge in [-0.05, 0) is 25.0 Å². The maximum absolute atomic E-state index is 5.80. The van der Waals surface area contributed by atoms with E-state index in [1.165, 1.54) is 12.8 Å². The number of rotatable bonds is 6. The van der Waals surface area contributed by atoms with Gasteiger partial charge in [-0.25, -0.2) is 4.98 Å². The first-order valence-corrected chi connectivity index (χ1v) is 7.20. The molecule has 3 rings (SSSR count). The molecule has 1 aliphatic carbocycles. The predicted molar refractivity (Wildman–Crippen MR) is 82.7 cm³/mol. The van der Waals surface area contributed by atoms with Crippen LogP contribution >= 0.6 is 0 Å². The molecule has 1 saturated carbocycles. The van der Waals surface area contributed by atoms with Crippen LogP contribution in [-0.2, 0) is 6.54 Å². The average Bonchev–Trinajstić information content (AvgIpc) is 3.30. The third-order valence-electron chi connectivity index (χ3n) is 3.37. The Morgan fingerprint density at radius 2 is 2.14 bits per heavy atom. The number of nitrogens with zero attached hydrogens (tertiary/aromatic N) is 3. The zero-order valence-electron chi connectivity index (χ0n) is 12.4. The fourth-order valence-electron chi connectivity index (χ4n) is 2.00. The van der Waals surface area contributed by atoms with E-state index < -0.39 is 0 Å². The van der Waals surface area contributed by atoms with E-state index in [2.05, 4.69) is 15.3 Å². The molecule has 0 saturated heterocycles. The predicted octanol–water partition coefficient (Wildman–Crippen LogP) is 2.59. The van der Waals surface area contributed by atoms with Gasteiger partial charge in [0.2, 0.25) is 5.88 Å². The third-order valence-corrected chi connectivity index (χ3v) is 3.37. The highest BCUT2D eigenvalue weighted by Gasteiger charge is 2.20. The van der Waals surface area contributed by atoms with Gasteiger partial charge in [0.25, 0.3) is 0 Å². The molecule has 0 atom stereocenters. The third kappa shape index (κ3) is 3.92. The molecule has 0 unspecified atom stereocenters. The van der Waals surface area contributed by atoms with Crippen molar-refractivity contribution in [3.8, 4) is 11.6 Å². The topological polar surface area (TPSA) is 50.3 Å². The van der Waals surface area contributed by atoms with E-state index in [4.69, 9.17) is 4.74 Å². The van der Waals surface area contributed by atoms with Gasteiger partial charge in [-0.3, -0.25) is 4.98 Å². The quantitative estimate of drug-likeness (QED) is 0.883. The number of hydrogen-bond acceptors (Lipinski definition) is 5. The molecule has 2 aromatic rings. The summed E-state index contributed by atoms with van der Waals surface area (Å²) >= 11 is 0. The van der Waals surface area contributed by atoms with Crippen LogP contribution in [0.5, 0.6) is 11.6 Å². The van der Waals surface area contributed by atoms with E-state index in [-0.39, 0.29) is 0 Å². The summed E-state index contributed by atoms with van der Waals surface area (Å²) in [6.07, 6.45) is 5.95.